The summed E-state index contributed by atoms with van der Waals surface area (Å²) in [6.07, 6.45) is 1.25. The van der Waals surface area contributed by atoms with E-state index in [0.717, 1.165) is 44.4 Å². The van der Waals surface area contributed by atoms with Gasteiger partial charge in [0, 0.05) is 39.8 Å². The Hall–Kier alpha value is -3.38. The van der Waals surface area contributed by atoms with Crippen molar-refractivity contribution in [1.82, 2.24) is 19.1 Å². The van der Waals surface area contributed by atoms with E-state index in [1.807, 2.05) is 47.9 Å². The molecule has 2 aromatic carbocycles. The lowest BCUT2D eigenvalue weighted by molar-refractivity contribution is -0.116. The van der Waals surface area contributed by atoms with Crippen LogP contribution in [0.15, 0.2) is 47.5 Å². The minimum atomic E-state index is -3.30. The molecule has 0 unspecified atom stereocenters. The Balaban J connectivity index is 1.35. The molecule has 2 aliphatic rings. The lowest BCUT2D eigenvalue weighted by Crippen LogP contribution is -2.23. The highest BCUT2D eigenvalue weighted by Gasteiger charge is 2.33. The van der Waals surface area contributed by atoms with Gasteiger partial charge in [0.1, 0.15) is 16.9 Å². The number of nitrogens with zero attached hydrogens (tertiary/aromatic N) is 5. The van der Waals surface area contributed by atoms with Gasteiger partial charge in [-0.2, -0.15) is 4.31 Å². The normalized spacial score (nSPS) is 16.6. The number of nitrogens with one attached hydrogen (secondary N) is 1. The van der Waals surface area contributed by atoms with Crippen molar-refractivity contribution in [3.63, 3.8) is 0 Å². The molecule has 0 radical (unpaired) electrons. The molecule has 4 aromatic rings. The van der Waals surface area contributed by atoms with Crippen molar-refractivity contribution in [2.45, 2.75) is 46.3 Å². The van der Waals surface area contributed by atoms with E-state index in [1.165, 1.54) is 15.4 Å². The molecule has 0 aliphatic carbocycles. The molecule has 1 N–H and O–H groups in total. The minimum absolute atomic E-state index is 0.0503. The van der Waals surface area contributed by atoms with Crippen LogP contribution in [0.25, 0.3) is 5.00 Å². The summed E-state index contributed by atoms with van der Waals surface area (Å²) < 4.78 is 27.4. The number of sulfonamides is 1. The third-order valence-electron chi connectivity index (χ3n) is 7.39. The maximum atomic E-state index is 13.4. The fraction of sp³-hybridized carbons (Fsp3) is 0.286. The second-order valence-corrected chi connectivity index (χ2v) is 13.8. The van der Waals surface area contributed by atoms with Crippen LogP contribution in [0.4, 0.5) is 5.69 Å². The zero-order chi connectivity index (χ0) is 28.3. The van der Waals surface area contributed by atoms with Crippen molar-refractivity contribution < 1.29 is 13.2 Å². The molecule has 1 amide bonds. The number of anilines is 1. The van der Waals surface area contributed by atoms with Crippen LogP contribution in [0.3, 0.4) is 0 Å². The molecular formula is C28H27ClN6O3S2. The summed E-state index contributed by atoms with van der Waals surface area (Å²) in [7, 11) is -3.30. The Labute approximate surface area is 241 Å². The summed E-state index contributed by atoms with van der Waals surface area (Å²) in [6.45, 7) is 6.70. The van der Waals surface area contributed by atoms with Crippen molar-refractivity contribution in [1.29, 1.82) is 0 Å². The van der Waals surface area contributed by atoms with E-state index in [4.69, 9.17) is 16.6 Å². The van der Waals surface area contributed by atoms with Gasteiger partial charge in [-0.3, -0.25) is 14.4 Å². The fourth-order valence-electron chi connectivity index (χ4n) is 5.20. The lowest BCUT2D eigenvalue weighted by atomic mass is 9.99. The van der Waals surface area contributed by atoms with Crippen LogP contribution in [0.5, 0.6) is 0 Å². The van der Waals surface area contributed by atoms with Gasteiger partial charge in [-0.15, -0.1) is 21.5 Å². The predicted molar refractivity (Wildman–Crippen MR) is 157 cm³/mol. The summed E-state index contributed by atoms with van der Waals surface area (Å²) in [6, 6.07) is 12.5. The van der Waals surface area contributed by atoms with Gasteiger partial charge in [0.05, 0.1) is 18.4 Å². The molecule has 0 saturated carbocycles. The van der Waals surface area contributed by atoms with Crippen molar-refractivity contribution in [3.05, 3.63) is 91.8 Å². The largest absolute Gasteiger partial charge is 0.326 e. The van der Waals surface area contributed by atoms with Crippen molar-refractivity contribution >= 4 is 50.3 Å². The molecule has 6 rings (SSSR count). The molecule has 9 nitrogen and oxygen atoms in total. The average molecular weight is 595 g/mol. The van der Waals surface area contributed by atoms with E-state index in [-0.39, 0.29) is 12.3 Å². The maximum Gasteiger partial charge on any atom is 0.227 e. The van der Waals surface area contributed by atoms with E-state index in [9.17, 15) is 13.2 Å². The minimum Gasteiger partial charge on any atom is -0.326 e. The number of carbonyl (C=O) groups is 1. The van der Waals surface area contributed by atoms with Gasteiger partial charge >= 0.3 is 0 Å². The third kappa shape index (κ3) is 4.77. The topological polar surface area (TPSA) is 110 Å². The summed E-state index contributed by atoms with van der Waals surface area (Å²) in [5, 5.41) is 13.4. The Bertz CT molecular complexity index is 1810. The number of hydrogen-bond donors (Lipinski definition) is 1. The third-order valence-corrected chi connectivity index (χ3v) is 10.0. The molecule has 12 heteroatoms. The van der Waals surface area contributed by atoms with Gasteiger partial charge in [-0.05, 0) is 61.7 Å². The Morgan fingerprint density at radius 1 is 1.07 bits per heavy atom. The van der Waals surface area contributed by atoms with Crippen LogP contribution >= 0.6 is 22.9 Å². The number of hydrogen-bond acceptors (Lipinski definition) is 7. The number of halogens is 1. The number of rotatable bonds is 5. The zero-order valence-electron chi connectivity index (χ0n) is 22.4. The second-order valence-electron chi connectivity index (χ2n) is 10.2. The number of carbonyl (C=O) groups excluding carboxylic acids is 1. The summed E-state index contributed by atoms with van der Waals surface area (Å²) in [4.78, 5) is 19.7. The molecule has 4 heterocycles. The van der Waals surface area contributed by atoms with Crippen LogP contribution in [0.2, 0.25) is 5.02 Å². The quantitative estimate of drug-likeness (QED) is 0.346. The number of fused-ring (bicyclic) bond motifs is 4. The van der Waals surface area contributed by atoms with Crippen LogP contribution in [0, 0.1) is 20.8 Å². The van der Waals surface area contributed by atoms with Crippen molar-refractivity contribution in [2.75, 3.05) is 11.6 Å². The van der Waals surface area contributed by atoms with Gasteiger partial charge in [0.2, 0.25) is 15.9 Å². The molecule has 0 saturated heterocycles. The van der Waals surface area contributed by atoms with E-state index in [2.05, 4.69) is 29.4 Å². The highest BCUT2D eigenvalue weighted by Crippen LogP contribution is 2.39. The molecule has 2 aromatic heterocycles. The SMILES string of the molecule is Cc1sc2c(c1C)C(c1ccc(Cl)cc1)=N[C@@H](CC(=O)Nc1ccc3c(c1)CN(S(C)(=O)=O)C3)c1nnc(C)n1-2. The van der Waals surface area contributed by atoms with Crippen LogP contribution in [-0.4, -0.2) is 45.4 Å². The van der Waals surface area contributed by atoms with Crippen LogP contribution in [0.1, 0.15) is 56.8 Å². The van der Waals surface area contributed by atoms with E-state index < -0.39 is 16.1 Å². The highest BCUT2D eigenvalue weighted by atomic mass is 35.5. The summed E-state index contributed by atoms with van der Waals surface area (Å²) >= 11 is 7.85. The molecular weight excluding hydrogens is 568 g/mol. The van der Waals surface area contributed by atoms with Gasteiger partial charge in [0.15, 0.2) is 5.82 Å². The highest BCUT2D eigenvalue weighted by molar-refractivity contribution is 7.88. The smallest absolute Gasteiger partial charge is 0.227 e. The van der Waals surface area contributed by atoms with E-state index in [0.29, 0.717) is 29.6 Å². The van der Waals surface area contributed by atoms with Crippen molar-refractivity contribution in [2.24, 2.45) is 4.99 Å². The first-order valence-corrected chi connectivity index (χ1v) is 15.8. The number of aliphatic imine (C=N–C) groups is 1. The Morgan fingerprint density at radius 2 is 1.80 bits per heavy atom. The van der Waals surface area contributed by atoms with Crippen LogP contribution in [-0.2, 0) is 27.9 Å². The molecule has 2 aliphatic heterocycles. The molecule has 40 heavy (non-hydrogen) atoms. The zero-order valence-corrected chi connectivity index (χ0v) is 24.8. The standard InChI is InChI=1S/C28H27ClN6O3S2/c1-15-16(2)39-28-25(15)26(18-5-8-21(29)9-6-18)31-23(27-33-32-17(3)35(27)28)12-24(36)30-22-10-7-19-13-34(40(4,37)38)14-20(19)11-22/h5-11,23H,12-14H2,1-4H3,(H,30,36)/t23-/m0/s1. The summed E-state index contributed by atoms with van der Waals surface area (Å²) in [5.41, 5.74) is 6.25. The lowest BCUT2D eigenvalue weighted by Gasteiger charge is -2.13. The number of thiophene rings is 1. The first-order valence-electron chi connectivity index (χ1n) is 12.7. The van der Waals surface area contributed by atoms with Crippen molar-refractivity contribution in [3.8, 4) is 5.00 Å². The predicted octanol–water partition coefficient (Wildman–Crippen LogP) is 5.10. The first kappa shape index (κ1) is 26.8. The molecule has 0 bridgehead atoms. The van der Waals surface area contributed by atoms with E-state index >= 15 is 0 Å². The Morgan fingerprint density at radius 3 is 2.52 bits per heavy atom. The van der Waals surface area contributed by atoms with Gasteiger partial charge in [-0.25, -0.2) is 8.42 Å². The number of amides is 1. The maximum absolute atomic E-state index is 13.4. The Kier molecular flexibility index (Phi) is 6.65. The first-order chi connectivity index (χ1) is 19.0. The number of aryl methyl sites for hydroxylation is 2. The summed E-state index contributed by atoms with van der Waals surface area (Å²) in [5.74, 6) is 1.11. The van der Waals surface area contributed by atoms with Gasteiger partial charge < -0.3 is 5.32 Å². The molecule has 0 fully saturated rings. The van der Waals surface area contributed by atoms with Crippen LogP contribution < -0.4 is 5.32 Å². The molecule has 1 atom stereocenters. The van der Waals surface area contributed by atoms with E-state index in [1.54, 1.807) is 17.4 Å². The second kappa shape index (κ2) is 9.91. The molecule has 206 valence electrons. The van der Waals surface area contributed by atoms with Gasteiger partial charge in [-0.1, -0.05) is 29.8 Å². The number of aromatic nitrogens is 3. The van der Waals surface area contributed by atoms with Gasteiger partial charge in [0.25, 0.3) is 0 Å². The number of benzene rings is 2. The molecule has 0 spiro atoms. The fourth-order valence-corrected chi connectivity index (χ4v) is 7.28. The monoisotopic (exact) mass is 594 g/mol. The average Bonchev–Trinajstić information content (AvgIpc) is 3.55.